The van der Waals surface area contributed by atoms with Crippen LogP contribution in [0, 0.1) is 6.92 Å². The van der Waals surface area contributed by atoms with Crippen molar-refractivity contribution in [3.8, 4) is 0 Å². The number of hydrogen-bond acceptors (Lipinski definition) is 2. The van der Waals surface area contributed by atoms with Crippen LogP contribution in [0.1, 0.15) is 51.3 Å². The minimum absolute atomic E-state index is 0.00974. The molecule has 0 spiro atoms. The Labute approximate surface area is 112 Å². The lowest BCUT2D eigenvalue weighted by Crippen LogP contribution is -2.45. The molecule has 0 aliphatic rings. The standard InChI is InChI=1S/C16H28N2/c1-12-7-8-14(15(2,3)4)9-13(12)10-18-16(5,6)11-17/h7-9,18H,10-11,17H2,1-6H3. The zero-order valence-electron chi connectivity index (χ0n) is 12.7. The van der Waals surface area contributed by atoms with Crippen LogP contribution in [0.2, 0.25) is 0 Å². The van der Waals surface area contributed by atoms with Gasteiger partial charge in [-0.2, -0.15) is 0 Å². The summed E-state index contributed by atoms with van der Waals surface area (Å²) in [5, 5.41) is 3.52. The molecule has 18 heavy (non-hydrogen) atoms. The van der Waals surface area contributed by atoms with E-state index in [1.54, 1.807) is 0 Å². The predicted molar refractivity (Wildman–Crippen MR) is 79.9 cm³/mol. The van der Waals surface area contributed by atoms with E-state index < -0.39 is 0 Å². The lowest BCUT2D eigenvalue weighted by molar-refractivity contribution is 0.396. The van der Waals surface area contributed by atoms with E-state index in [2.05, 4.69) is 65.1 Å². The first-order chi connectivity index (χ1) is 8.15. The van der Waals surface area contributed by atoms with Crippen molar-refractivity contribution in [2.24, 2.45) is 5.73 Å². The lowest BCUT2D eigenvalue weighted by Gasteiger charge is -2.26. The Bertz CT molecular complexity index is 400. The van der Waals surface area contributed by atoms with Gasteiger partial charge in [0.2, 0.25) is 0 Å². The predicted octanol–water partition coefficient (Wildman–Crippen LogP) is 3.12. The van der Waals surface area contributed by atoms with Gasteiger partial charge in [0.05, 0.1) is 0 Å². The molecular weight excluding hydrogens is 220 g/mol. The molecule has 0 saturated carbocycles. The smallest absolute Gasteiger partial charge is 0.0250 e. The molecule has 1 aromatic carbocycles. The third-order valence-corrected chi connectivity index (χ3v) is 3.48. The SMILES string of the molecule is Cc1ccc(C(C)(C)C)cc1CNC(C)(C)CN. The number of rotatable bonds is 4. The highest BCUT2D eigenvalue weighted by Gasteiger charge is 2.17. The highest BCUT2D eigenvalue weighted by atomic mass is 15.0. The Kier molecular flexibility index (Phi) is 4.57. The van der Waals surface area contributed by atoms with Crippen LogP contribution in [0.25, 0.3) is 0 Å². The Morgan fingerprint density at radius 2 is 1.72 bits per heavy atom. The van der Waals surface area contributed by atoms with Gasteiger partial charge in [0, 0.05) is 18.6 Å². The number of aryl methyl sites for hydroxylation is 1. The van der Waals surface area contributed by atoms with Gasteiger partial charge in [-0.1, -0.05) is 39.0 Å². The largest absolute Gasteiger partial charge is 0.329 e. The molecule has 1 aromatic rings. The van der Waals surface area contributed by atoms with Crippen molar-refractivity contribution in [2.45, 2.75) is 59.0 Å². The Morgan fingerprint density at radius 1 is 1.11 bits per heavy atom. The maximum atomic E-state index is 5.75. The van der Waals surface area contributed by atoms with Crippen LogP contribution >= 0.6 is 0 Å². The van der Waals surface area contributed by atoms with Gasteiger partial charge in [0.1, 0.15) is 0 Å². The molecule has 1 rings (SSSR count). The molecule has 0 aliphatic heterocycles. The first-order valence-corrected chi connectivity index (χ1v) is 6.71. The lowest BCUT2D eigenvalue weighted by atomic mass is 9.85. The molecular formula is C16H28N2. The quantitative estimate of drug-likeness (QED) is 0.859. The molecule has 0 saturated heterocycles. The number of nitrogens with one attached hydrogen (secondary N) is 1. The van der Waals surface area contributed by atoms with E-state index >= 15 is 0 Å². The summed E-state index contributed by atoms with van der Waals surface area (Å²) in [6, 6.07) is 6.76. The molecule has 0 amide bonds. The first kappa shape index (κ1) is 15.2. The zero-order valence-corrected chi connectivity index (χ0v) is 12.7. The Balaban J connectivity index is 2.89. The van der Waals surface area contributed by atoms with Crippen LogP contribution in [0.15, 0.2) is 18.2 Å². The van der Waals surface area contributed by atoms with Crippen molar-refractivity contribution in [3.63, 3.8) is 0 Å². The Hall–Kier alpha value is -0.860. The monoisotopic (exact) mass is 248 g/mol. The maximum Gasteiger partial charge on any atom is 0.0250 e. The highest BCUT2D eigenvalue weighted by Crippen LogP contribution is 2.24. The van der Waals surface area contributed by atoms with Crippen LogP contribution in [-0.4, -0.2) is 12.1 Å². The van der Waals surface area contributed by atoms with Crippen LogP contribution in [0.5, 0.6) is 0 Å². The highest BCUT2D eigenvalue weighted by molar-refractivity contribution is 5.34. The summed E-state index contributed by atoms with van der Waals surface area (Å²) in [6.07, 6.45) is 0. The van der Waals surface area contributed by atoms with Crippen molar-refractivity contribution >= 4 is 0 Å². The molecule has 0 radical (unpaired) electrons. The average Bonchev–Trinajstić information content (AvgIpc) is 2.26. The number of hydrogen-bond donors (Lipinski definition) is 2. The van der Waals surface area contributed by atoms with Crippen LogP contribution < -0.4 is 11.1 Å². The fourth-order valence-corrected chi connectivity index (χ4v) is 1.74. The number of nitrogens with two attached hydrogens (primary N) is 1. The van der Waals surface area contributed by atoms with Crippen molar-refractivity contribution in [3.05, 3.63) is 34.9 Å². The van der Waals surface area contributed by atoms with Gasteiger partial charge in [0.15, 0.2) is 0 Å². The van der Waals surface area contributed by atoms with E-state index in [1.807, 2.05) is 0 Å². The van der Waals surface area contributed by atoms with Crippen LogP contribution in [-0.2, 0) is 12.0 Å². The third-order valence-electron chi connectivity index (χ3n) is 3.48. The molecule has 0 fully saturated rings. The molecule has 0 aromatic heterocycles. The average molecular weight is 248 g/mol. The molecule has 0 atom stereocenters. The second kappa shape index (κ2) is 5.41. The third kappa shape index (κ3) is 4.11. The molecule has 2 heteroatoms. The van der Waals surface area contributed by atoms with E-state index in [1.165, 1.54) is 16.7 Å². The summed E-state index contributed by atoms with van der Waals surface area (Å²) in [7, 11) is 0. The second-order valence-corrected chi connectivity index (χ2v) is 6.83. The fraction of sp³-hybridized carbons (Fsp3) is 0.625. The van der Waals surface area contributed by atoms with Crippen molar-refractivity contribution in [2.75, 3.05) is 6.54 Å². The summed E-state index contributed by atoms with van der Waals surface area (Å²) in [5.74, 6) is 0. The van der Waals surface area contributed by atoms with Crippen molar-refractivity contribution < 1.29 is 0 Å². The van der Waals surface area contributed by atoms with E-state index in [0.717, 1.165) is 6.54 Å². The zero-order chi connectivity index (χ0) is 14.0. The summed E-state index contributed by atoms with van der Waals surface area (Å²) < 4.78 is 0. The van der Waals surface area contributed by atoms with Gasteiger partial charge in [-0.3, -0.25) is 0 Å². The van der Waals surface area contributed by atoms with E-state index in [9.17, 15) is 0 Å². The van der Waals surface area contributed by atoms with Crippen LogP contribution in [0.3, 0.4) is 0 Å². The summed E-state index contributed by atoms with van der Waals surface area (Å²) in [6.45, 7) is 14.7. The minimum atomic E-state index is -0.00974. The molecule has 0 unspecified atom stereocenters. The first-order valence-electron chi connectivity index (χ1n) is 6.71. The van der Waals surface area contributed by atoms with Gasteiger partial charge in [-0.25, -0.2) is 0 Å². The maximum absolute atomic E-state index is 5.75. The normalized spacial score (nSPS) is 12.8. The van der Waals surface area contributed by atoms with Crippen molar-refractivity contribution in [1.82, 2.24) is 5.32 Å². The second-order valence-electron chi connectivity index (χ2n) is 6.83. The molecule has 3 N–H and O–H groups in total. The van der Waals surface area contributed by atoms with Gasteiger partial charge in [-0.15, -0.1) is 0 Å². The minimum Gasteiger partial charge on any atom is -0.329 e. The van der Waals surface area contributed by atoms with E-state index in [0.29, 0.717) is 6.54 Å². The summed E-state index contributed by atoms with van der Waals surface area (Å²) in [4.78, 5) is 0. The fourth-order valence-electron chi connectivity index (χ4n) is 1.74. The topological polar surface area (TPSA) is 38.0 Å². The Morgan fingerprint density at radius 3 is 2.22 bits per heavy atom. The summed E-state index contributed by atoms with van der Waals surface area (Å²) >= 11 is 0. The van der Waals surface area contributed by atoms with Gasteiger partial charge < -0.3 is 11.1 Å². The molecule has 102 valence electrons. The summed E-state index contributed by atoms with van der Waals surface area (Å²) in [5.41, 5.74) is 10.0. The number of benzene rings is 1. The molecule has 0 bridgehead atoms. The molecule has 0 heterocycles. The van der Waals surface area contributed by atoms with E-state index in [-0.39, 0.29) is 11.0 Å². The molecule has 2 nitrogen and oxygen atoms in total. The van der Waals surface area contributed by atoms with Gasteiger partial charge in [0.25, 0.3) is 0 Å². The van der Waals surface area contributed by atoms with Crippen LogP contribution in [0.4, 0.5) is 0 Å². The van der Waals surface area contributed by atoms with E-state index in [4.69, 9.17) is 5.73 Å². The van der Waals surface area contributed by atoms with Crippen molar-refractivity contribution in [1.29, 1.82) is 0 Å². The molecule has 0 aliphatic carbocycles. The van der Waals surface area contributed by atoms with Gasteiger partial charge in [-0.05, 0) is 42.9 Å². The van der Waals surface area contributed by atoms with Gasteiger partial charge >= 0.3 is 0 Å².